The van der Waals surface area contributed by atoms with Gasteiger partial charge in [-0.1, -0.05) is 6.07 Å². The summed E-state index contributed by atoms with van der Waals surface area (Å²) in [7, 11) is 1.59. The second-order valence-corrected chi connectivity index (χ2v) is 5.99. The van der Waals surface area contributed by atoms with Crippen LogP contribution < -0.4 is 15.8 Å². The summed E-state index contributed by atoms with van der Waals surface area (Å²) >= 11 is 0. The van der Waals surface area contributed by atoms with Crippen molar-refractivity contribution in [1.29, 1.82) is 0 Å². The van der Waals surface area contributed by atoms with Gasteiger partial charge in [0.1, 0.15) is 5.75 Å². The van der Waals surface area contributed by atoms with E-state index in [1.165, 1.54) is 0 Å². The van der Waals surface area contributed by atoms with Gasteiger partial charge in [0.2, 0.25) is 5.91 Å². The second-order valence-electron chi connectivity index (χ2n) is 5.99. The maximum Gasteiger partial charge on any atom is 0.252 e. The number of nitrogens with two attached hydrogens (primary N) is 1. The molecular weight excluding hydrogens is 368 g/mol. The maximum absolute atomic E-state index is 12.3. The molecule has 2 heterocycles. The summed E-state index contributed by atoms with van der Waals surface area (Å²) in [4.78, 5) is 21.1. The molecule has 0 aliphatic carbocycles. The number of ether oxygens (including phenoxy) is 1. The Morgan fingerprint density at radius 1 is 1.30 bits per heavy atom. The number of hydrogen-bond donors (Lipinski definition) is 2. The predicted octanol–water partition coefficient (Wildman–Crippen LogP) is 2.20. The summed E-state index contributed by atoms with van der Waals surface area (Å²) in [6.45, 7) is 4.13. The molecule has 3 rings (SSSR count). The fraction of sp³-hybridized carbons (Fsp3) is 0.333. The minimum absolute atomic E-state index is 0. The number of nitrogens with one attached hydrogen (secondary N) is 1. The molecule has 2 aromatic heterocycles. The number of hydrogen-bond acceptors (Lipinski definition) is 6. The Kier molecular flexibility index (Phi) is 6.70. The number of aryl methyl sites for hydroxylation is 2. The van der Waals surface area contributed by atoms with Gasteiger partial charge in [0.25, 0.3) is 5.78 Å². The van der Waals surface area contributed by atoms with Crippen molar-refractivity contribution in [2.75, 3.05) is 12.4 Å². The van der Waals surface area contributed by atoms with E-state index < -0.39 is 0 Å². The first kappa shape index (κ1) is 20.6. The normalized spacial score (nSPS) is 10.5. The zero-order chi connectivity index (χ0) is 18.7. The number of nitrogens with zero attached hydrogens (tertiary/aromatic N) is 4. The summed E-state index contributed by atoms with van der Waals surface area (Å²) in [5.41, 5.74) is 9.08. The Labute approximate surface area is 163 Å². The topological polar surface area (TPSA) is 107 Å². The van der Waals surface area contributed by atoms with Crippen LogP contribution in [-0.4, -0.2) is 32.6 Å². The number of amides is 1. The lowest BCUT2D eigenvalue weighted by molar-refractivity contribution is -0.116. The van der Waals surface area contributed by atoms with Gasteiger partial charge in [0, 0.05) is 29.6 Å². The lowest BCUT2D eigenvalue weighted by Gasteiger charge is -2.11. The van der Waals surface area contributed by atoms with Crippen molar-refractivity contribution in [3.05, 3.63) is 47.0 Å². The highest BCUT2D eigenvalue weighted by Crippen LogP contribution is 2.18. The standard InChI is InChI=1S/C18H22N6O2.ClH/c1-11-15(12(2)24-18(20-11)22-16(10-19)23-24)7-8-17(25)21-13-5-4-6-14(9-13)26-3;/h4-6,9H,7-8,10,19H2,1-3H3,(H,21,25);1H. The molecule has 1 aromatic carbocycles. The van der Waals surface area contributed by atoms with Crippen molar-refractivity contribution in [3.63, 3.8) is 0 Å². The van der Waals surface area contributed by atoms with Gasteiger partial charge in [0.05, 0.1) is 13.7 Å². The average molecular weight is 391 g/mol. The van der Waals surface area contributed by atoms with Gasteiger partial charge in [-0.2, -0.15) is 4.98 Å². The molecule has 144 valence electrons. The zero-order valence-electron chi connectivity index (χ0n) is 15.5. The molecular formula is C18H23ClN6O2. The van der Waals surface area contributed by atoms with Crippen LogP contribution in [0.1, 0.15) is 29.2 Å². The first-order valence-corrected chi connectivity index (χ1v) is 8.37. The molecule has 0 aliphatic heterocycles. The first-order valence-electron chi connectivity index (χ1n) is 8.37. The van der Waals surface area contributed by atoms with Gasteiger partial charge in [-0.05, 0) is 38.0 Å². The number of benzene rings is 1. The van der Waals surface area contributed by atoms with Crippen LogP contribution in [0.2, 0.25) is 0 Å². The fourth-order valence-electron chi connectivity index (χ4n) is 2.86. The molecule has 0 unspecified atom stereocenters. The fourth-order valence-corrected chi connectivity index (χ4v) is 2.86. The van der Waals surface area contributed by atoms with Crippen molar-refractivity contribution in [1.82, 2.24) is 19.6 Å². The van der Waals surface area contributed by atoms with Gasteiger partial charge in [-0.15, -0.1) is 17.5 Å². The average Bonchev–Trinajstić information content (AvgIpc) is 3.05. The van der Waals surface area contributed by atoms with Crippen LogP contribution in [0.5, 0.6) is 5.75 Å². The molecule has 3 aromatic rings. The Balaban J connectivity index is 0.00000261. The first-order chi connectivity index (χ1) is 12.5. The highest BCUT2D eigenvalue weighted by Gasteiger charge is 2.14. The van der Waals surface area contributed by atoms with Crippen LogP contribution in [-0.2, 0) is 17.8 Å². The van der Waals surface area contributed by atoms with E-state index in [0.717, 1.165) is 17.0 Å². The second kappa shape index (κ2) is 8.79. The van der Waals surface area contributed by atoms with Crippen LogP contribution in [0, 0.1) is 13.8 Å². The van der Waals surface area contributed by atoms with Gasteiger partial charge < -0.3 is 15.8 Å². The maximum atomic E-state index is 12.3. The van der Waals surface area contributed by atoms with Crippen LogP contribution in [0.3, 0.4) is 0 Å². The minimum atomic E-state index is -0.0709. The molecule has 0 aliphatic rings. The van der Waals surface area contributed by atoms with E-state index in [0.29, 0.717) is 35.9 Å². The van der Waals surface area contributed by atoms with Crippen LogP contribution >= 0.6 is 12.4 Å². The molecule has 0 saturated heterocycles. The third-order valence-corrected chi connectivity index (χ3v) is 4.23. The van der Waals surface area contributed by atoms with E-state index in [1.54, 1.807) is 17.7 Å². The van der Waals surface area contributed by atoms with Crippen molar-refractivity contribution in [2.45, 2.75) is 33.2 Å². The number of carbonyl (C=O) groups excluding carboxylic acids is 1. The minimum Gasteiger partial charge on any atom is -0.497 e. The van der Waals surface area contributed by atoms with Gasteiger partial charge >= 0.3 is 0 Å². The highest BCUT2D eigenvalue weighted by atomic mass is 35.5. The number of aromatic nitrogens is 4. The predicted molar refractivity (Wildman–Crippen MR) is 105 cm³/mol. The summed E-state index contributed by atoms with van der Waals surface area (Å²) in [5, 5.41) is 7.24. The van der Waals surface area contributed by atoms with Crippen LogP contribution in [0.25, 0.3) is 5.78 Å². The van der Waals surface area contributed by atoms with Gasteiger partial charge in [-0.3, -0.25) is 4.79 Å². The monoisotopic (exact) mass is 390 g/mol. The smallest absolute Gasteiger partial charge is 0.252 e. The molecule has 8 nitrogen and oxygen atoms in total. The Morgan fingerprint density at radius 2 is 2.07 bits per heavy atom. The van der Waals surface area contributed by atoms with E-state index in [4.69, 9.17) is 10.5 Å². The Hall–Kier alpha value is -2.71. The molecule has 3 N–H and O–H groups in total. The summed E-state index contributed by atoms with van der Waals surface area (Å²) < 4.78 is 6.85. The van der Waals surface area contributed by atoms with E-state index >= 15 is 0 Å². The molecule has 0 bridgehead atoms. The van der Waals surface area contributed by atoms with Gasteiger partial charge in [-0.25, -0.2) is 9.50 Å². The molecule has 0 saturated carbocycles. The lowest BCUT2D eigenvalue weighted by Crippen LogP contribution is -2.14. The number of rotatable bonds is 6. The lowest BCUT2D eigenvalue weighted by atomic mass is 10.1. The highest BCUT2D eigenvalue weighted by molar-refractivity contribution is 5.91. The number of halogens is 1. The van der Waals surface area contributed by atoms with E-state index in [9.17, 15) is 4.79 Å². The molecule has 0 spiro atoms. The van der Waals surface area contributed by atoms with Crippen LogP contribution in [0.15, 0.2) is 24.3 Å². The van der Waals surface area contributed by atoms with E-state index in [1.807, 2.05) is 32.0 Å². The largest absolute Gasteiger partial charge is 0.497 e. The summed E-state index contributed by atoms with van der Waals surface area (Å²) in [5.74, 6) is 1.71. The molecule has 1 amide bonds. The molecule has 27 heavy (non-hydrogen) atoms. The van der Waals surface area contributed by atoms with Gasteiger partial charge in [0.15, 0.2) is 5.82 Å². The number of methoxy groups -OCH3 is 1. The van der Waals surface area contributed by atoms with Crippen molar-refractivity contribution >= 4 is 29.8 Å². The van der Waals surface area contributed by atoms with Crippen molar-refractivity contribution in [2.24, 2.45) is 5.73 Å². The van der Waals surface area contributed by atoms with E-state index in [-0.39, 0.29) is 24.9 Å². The van der Waals surface area contributed by atoms with Crippen molar-refractivity contribution < 1.29 is 9.53 Å². The Morgan fingerprint density at radius 3 is 2.78 bits per heavy atom. The molecule has 0 radical (unpaired) electrons. The summed E-state index contributed by atoms with van der Waals surface area (Å²) in [6, 6.07) is 7.28. The number of carbonyl (C=O) groups is 1. The third-order valence-electron chi connectivity index (χ3n) is 4.23. The molecule has 0 fully saturated rings. The molecule has 0 atom stereocenters. The van der Waals surface area contributed by atoms with Crippen molar-refractivity contribution in [3.8, 4) is 5.75 Å². The number of fused-ring (bicyclic) bond motifs is 1. The quantitative estimate of drug-likeness (QED) is 0.668. The van der Waals surface area contributed by atoms with E-state index in [2.05, 4.69) is 20.4 Å². The Bertz CT molecular complexity index is 956. The van der Waals surface area contributed by atoms with Crippen LogP contribution in [0.4, 0.5) is 5.69 Å². The molecule has 9 heteroatoms. The third kappa shape index (κ3) is 4.53. The SMILES string of the molecule is COc1cccc(NC(=O)CCc2c(C)nc3nc(CN)nn3c2C)c1.Cl. The summed E-state index contributed by atoms with van der Waals surface area (Å²) in [6.07, 6.45) is 0.902. The zero-order valence-corrected chi connectivity index (χ0v) is 16.3. The number of anilines is 1.